The standard InChI is InChI=1S/C25H22NO/c1-4-17-13-14-26(3)21(15-17)23-16(2)18-9-5-6-10-19(18)25-24(23)20-11-7-8-12-22(20)27-25/h5-15H,4H2,1-3H3/q+1/i1D3,4D2. The van der Waals surface area contributed by atoms with E-state index >= 15 is 0 Å². The molecule has 0 saturated heterocycles. The van der Waals surface area contributed by atoms with Crippen LogP contribution in [0.4, 0.5) is 0 Å². The molecule has 2 aromatic heterocycles. The second-order valence-corrected chi connectivity index (χ2v) is 6.88. The van der Waals surface area contributed by atoms with Gasteiger partial charge in [0.15, 0.2) is 6.20 Å². The lowest BCUT2D eigenvalue weighted by Gasteiger charge is -2.11. The highest BCUT2D eigenvalue weighted by Crippen LogP contribution is 2.42. The maximum absolute atomic E-state index is 8.27. The van der Waals surface area contributed by atoms with Gasteiger partial charge >= 0.3 is 0 Å². The summed E-state index contributed by atoms with van der Waals surface area (Å²) in [5.74, 6) is 0. The summed E-state index contributed by atoms with van der Waals surface area (Å²) in [6, 6.07) is 19.1. The Morgan fingerprint density at radius 3 is 2.56 bits per heavy atom. The van der Waals surface area contributed by atoms with E-state index in [9.17, 15) is 0 Å². The molecule has 2 heteroatoms. The zero-order chi connectivity index (χ0) is 22.8. The maximum atomic E-state index is 8.27. The molecular formula is C25H22NO+. The molecule has 0 amide bonds. The number of para-hydroxylation sites is 1. The van der Waals surface area contributed by atoms with Crippen molar-refractivity contribution in [2.24, 2.45) is 7.05 Å². The van der Waals surface area contributed by atoms with E-state index < -0.39 is 13.2 Å². The summed E-state index contributed by atoms with van der Waals surface area (Å²) in [5, 5.41) is 3.96. The number of nitrogens with zero attached hydrogens (tertiary/aromatic N) is 1. The normalized spacial score (nSPS) is 15.4. The van der Waals surface area contributed by atoms with Crippen LogP contribution >= 0.6 is 0 Å². The number of aromatic nitrogens is 1. The van der Waals surface area contributed by atoms with Gasteiger partial charge in [0.05, 0.1) is 5.56 Å². The number of fused-ring (bicyclic) bond motifs is 5. The summed E-state index contributed by atoms with van der Waals surface area (Å²) in [5.41, 5.74) is 4.34. The number of rotatable bonds is 2. The summed E-state index contributed by atoms with van der Waals surface area (Å²) >= 11 is 0. The first-order valence-corrected chi connectivity index (χ1v) is 8.94. The maximum Gasteiger partial charge on any atom is 0.213 e. The van der Waals surface area contributed by atoms with Crippen molar-refractivity contribution in [2.75, 3.05) is 0 Å². The van der Waals surface area contributed by atoms with E-state index in [-0.39, 0.29) is 5.56 Å². The molecule has 3 aromatic carbocycles. The van der Waals surface area contributed by atoms with Crippen molar-refractivity contribution in [3.05, 3.63) is 78.0 Å². The second-order valence-electron chi connectivity index (χ2n) is 6.88. The summed E-state index contributed by atoms with van der Waals surface area (Å²) in [6.07, 6.45) is -0.755. The highest BCUT2D eigenvalue weighted by atomic mass is 16.3. The molecule has 2 heterocycles. The molecule has 0 fully saturated rings. The predicted molar refractivity (Wildman–Crippen MR) is 112 cm³/mol. The molecular weight excluding hydrogens is 330 g/mol. The summed E-state index contributed by atoms with van der Waals surface area (Å²) in [7, 11) is 1.88. The SMILES string of the molecule is [2H]C([2H])([2H])C([2H])([2H])c1cc[n+](C)c(-c2c(C)c3ccccc3c3oc4ccccc4c23)c1. The van der Waals surface area contributed by atoms with Crippen molar-refractivity contribution >= 4 is 32.7 Å². The van der Waals surface area contributed by atoms with Crippen LogP contribution in [-0.4, -0.2) is 0 Å². The van der Waals surface area contributed by atoms with Gasteiger partial charge in [-0.3, -0.25) is 0 Å². The lowest BCUT2D eigenvalue weighted by atomic mass is 9.92. The number of furan rings is 1. The number of aryl methyl sites for hydroxylation is 3. The van der Waals surface area contributed by atoms with E-state index in [1.807, 2.05) is 67.1 Å². The third-order valence-electron chi connectivity index (χ3n) is 5.35. The molecule has 0 aliphatic heterocycles. The summed E-state index contributed by atoms with van der Waals surface area (Å²) < 4.78 is 47.9. The minimum absolute atomic E-state index is 0.124. The van der Waals surface area contributed by atoms with Gasteiger partial charge in [-0.05, 0) is 35.9 Å². The number of pyridine rings is 1. The molecule has 5 aromatic rings. The van der Waals surface area contributed by atoms with E-state index in [0.29, 0.717) is 0 Å². The number of benzene rings is 3. The van der Waals surface area contributed by atoms with Gasteiger partial charge in [0.25, 0.3) is 0 Å². The Labute approximate surface area is 165 Å². The Morgan fingerprint density at radius 2 is 1.74 bits per heavy atom. The van der Waals surface area contributed by atoms with Crippen molar-refractivity contribution in [2.45, 2.75) is 20.1 Å². The highest BCUT2D eigenvalue weighted by Gasteiger charge is 2.23. The molecule has 0 bridgehead atoms. The predicted octanol–water partition coefficient (Wildman–Crippen LogP) is 6.10. The van der Waals surface area contributed by atoms with Gasteiger partial charge in [-0.1, -0.05) is 49.3 Å². The van der Waals surface area contributed by atoms with E-state index in [1.54, 1.807) is 12.3 Å². The van der Waals surface area contributed by atoms with Crippen LogP contribution in [0.15, 0.2) is 71.3 Å². The topological polar surface area (TPSA) is 17.0 Å². The van der Waals surface area contributed by atoms with Gasteiger partial charge in [-0.25, -0.2) is 4.57 Å². The smallest absolute Gasteiger partial charge is 0.213 e. The van der Waals surface area contributed by atoms with Crippen molar-refractivity contribution in [3.63, 3.8) is 0 Å². The molecule has 0 aliphatic carbocycles. The summed E-state index contributed by atoms with van der Waals surface area (Å²) in [4.78, 5) is 0. The van der Waals surface area contributed by atoms with Gasteiger partial charge in [0.1, 0.15) is 18.2 Å². The van der Waals surface area contributed by atoms with Crippen molar-refractivity contribution in [3.8, 4) is 11.3 Å². The van der Waals surface area contributed by atoms with Crippen molar-refractivity contribution in [1.29, 1.82) is 0 Å². The van der Waals surface area contributed by atoms with Crippen LogP contribution in [0.1, 0.15) is 24.8 Å². The van der Waals surface area contributed by atoms with E-state index in [0.717, 1.165) is 49.5 Å². The molecule has 132 valence electrons. The highest BCUT2D eigenvalue weighted by molar-refractivity contribution is 6.22. The van der Waals surface area contributed by atoms with Crippen molar-refractivity contribution < 1.29 is 15.8 Å². The molecule has 0 radical (unpaired) electrons. The first-order valence-electron chi connectivity index (χ1n) is 11.4. The Balaban J connectivity index is 1.95. The molecule has 0 spiro atoms. The molecule has 0 unspecified atom stereocenters. The van der Waals surface area contributed by atoms with Gasteiger partial charge in [-0.15, -0.1) is 0 Å². The Morgan fingerprint density at radius 1 is 1.00 bits per heavy atom. The third-order valence-corrected chi connectivity index (χ3v) is 5.35. The van der Waals surface area contributed by atoms with Gasteiger partial charge in [-0.2, -0.15) is 0 Å². The van der Waals surface area contributed by atoms with Crippen LogP contribution in [-0.2, 0) is 13.4 Å². The average molecular weight is 357 g/mol. The molecule has 5 rings (SSSR count). The van der Waals surface area contributed by atoms with Gasteiger partial charge < -0.3 is 4.42 Å². The van der Waals surface area contributed by atoms with Crippen LogP contribution in [0.3, 0.4) is 0 Å². The van der Waals surface area contributed by atoms with E-state index in [1.165, 1.54) is 6.07 Å². The molecule has 0 aliphatic rings. The molecule has 0 atom stereocenters. The zero-order valence-corrected chi connectivity index (χ0v) is 15.2. The van der Waals surface area contributed by atoms with Crippen LogP contribution in [0, 0.1) is 6.92 Å². The lowest BCUT2D eigenvalue weighted by molar-refractivity contribution is -0.660. The van der Waals surface area contributed by atoms with Crippen LogP contribution in [0.5, 0.6) is 0 Å². The Hall–Kier alpha value is -3.13. The van der Waals surface area contributed by atoms with Crippen LogP contribution in [0.25, 0.3) is 44.0 Å². The van der Waals surface area contributed by atoms with Crippen molar-refractivity contribution in [1.82, 2.24) is 0 Å². The van der Waals surface area contributed by atoms with Crippen LogP contribution < -0.4 is 4.57 Å². The third kappa shape index (κ3) is 2.30. The quantitative estimate of drug-likeness (QED) is 0.349. The fourth-order valence-corrected chi connectivity index (χ4v) is 4.03. The molecule has 0 N–H and O–H groups in total. The van der Waals surface area contributed by atoms with Crippen LogP contribution in [0.2, 0.25) is 0 Å². The largest absolute Gasteiger partial charge is 0.455 e. The number of hydrogen-bond acceptors (Lipinski definition) is 1. The first-order chi connectivity index (χ1) is 15.1. The Kier molecular flexibility index (Phi) is 2.55. The van der Waals surface area contributed by atoms with Gasteiger partial charge in [0, 0.05) is 35.1 Å². The minimum Gasteiger partial charge on any atom is -0.455 e. The minimum atomic E-state index is -2.78. The lowest BCUT2D eigenvalue weighted by Crippen LogP contribution is -2.30. The average Bonchev–Trinajstić information content (AvgIpc) is 3.14. The number of hydrogen-bond donors (Lipinski definition) is 0. The fraction of sp³-hybridized carbons (Fsp3) is 0.160. The second kappa shape index (κ2) is 5.95. The molecule has 27 heavy (non-hydrogen) atoms. The molecule has 2 nitrogen and oxygen atoms in total. The Bertz CT molecular complexity index is 1510. The van der Waals surface area contributed by atoms with Gasteiger partial charge in [0.2, 0.25) is 5.69 Å². The fourth-order valence-electron chi connectivity index (χ4n) is 4.03. The molecule has 0 saturated carbocycles. The first kappa shape index (κ1) is 11.6. The van der Waals surface area contributed by atoms with E-state index in [4.69, 9.17) is 11.3 Å². The summed E-state index contributed by atoms with van der Waals surface area (Å²) in [6.45, 7) is -0.732. The monoisotopic (exact) mass is 357 g/mol. The van der Waals surface area contributed by atoms with E-state index in [2.05, 4.69) is 0 Å². The zero-order valence-electron chi connectivity index (χ0n) is 20.2.